The quantitative estimate of drug-likeness (QED) is 0.269. The molecule has 9 heteroatoms. The molecule has 39 heavy (non-hydrogen) atoms. The number of carbonyl (C=O) groups excluding carboxylic acids is 1. The predicted molar refractivity (Wildman–Crippen MR) is 141 cm³/mol. The molecule has 7 nitrogen and oxygen atoms in total. The lowest BCUT2D eigenvalue weighted by molar-refractivity contribution is -0.119. The van der Waals surface area contributed by atoms with Crippen molar-refractivity contribution in [2.24, 2.45) is 0 Å². The molecule has 2 heterocycles. The molecule has 2 aliphatic carbocycles. The van der Waals surface area contributed by atoms with E-state index in [9.17, 15) is 19.1 Å². The number of carboxylic acids is 1. The smallest absolute Gasteiger partial charge is 0.335 e. The van der Waals surface area contributed by atoms with Gasteiger partial charge in [0.2, 0.25) is 5.91 Å². The number of fused-ring (bicyclic) bond motifs is 2. The minimum Gasteiger partial charge on any atom is -0.489 e. The van der Waals surface area contributed by atoms with Crippen LogP contribution in [0.15, 0.2) is 65.2 Å². The first-order valence-electron chi connectivity index (χ1n) is 12.8. The Balaban J connectivity index is 1.21. The van der Waals surface area contributed by atoms with E-state index in [1.54, 1.807) is 35.2 Å². The number of hydrogen-bond donors (Lipinski definition) is 1. The van der Waals surface area contributed by atoms with Crippen LogP contribution < -0.4 is 9.64 Å². The van der Waals surface area contributed by atoms with E-state index >= 15 is 0 Å². The van der Waals surface area contributed by atoms with Crippen molar-refractivity contribution in [3.05, 3.63) is 94.0 Å². The molecular formula is C30H22ClFN2O5. The lowest BCUT2D eigenvalue weighted by Crippen LogP contribution is -2.27. The van der Waals surface area contributed by atoms with Crippen LogP contribution in [0.25, 0.3) is 11.3 Å². The third-order valence-corrected chi connectivity index (χ3v) is 8.12. The highest BCUT2D eigenvalue weighted by Gasteiger charge is 2.59. The van der Waals surface area contributed by atoms with Crippen LogP contribution in [0.1, 0.15) is 58.8 Å². The fraction of sp³-hybridized carbons (Fsp3) is 0.233. The molecule has 2 fully saturated rings. The van der Waals surface area contributed by atoms with Gasteiger partial charge in [-0.15, -0.1) is 0 Å². The predicted octanol–water partition coefficient (Wildman–Crippen LogP) is 7.00. The highest BCUT2D eigenvalue weighted by molar-refractivity contribution is 6.33. The van der Waals surface area contributed by atoms with Crippen LogP contribution in [-0.2, 0) is 16.8 Å². The van der Waals surface area contributed by atoms with E-state index in [2.05, 4.69) is 5.16 Å². The van der Waals surface area contributed by atoms with Gasteiger partial charge in [0.15, 0.2) is 0 Å². The Bertz CT molecular complexity index is 1640. The van der Waals surface area contributed by atoms with E-state index in [1.807, 2.05) is 12.1 Å². The van der Waals surface area contributed by atoms with E-state index < -0.39 is 17.2 Å². The maximum atomic E-state index is 14.8. The average Bonchev–Trinajstić information content (AvgIpc) is 3.85. The molecule has 7 rings (SSSR count). The van der Waals surface area contributed by atoms with Gasteiger partial charge >= 0.3 is 5.97 Å². The molecule has 0 radical (unpaired) electrons. The van der Waals surface area contributed by atoms with Crippen LogP contribution in [-0.4, -0.2) is 22.1 Å². The second kappa shape index (κ2) is 8.68. The molecule has 2 saturated carbocycles. The van der Waals surface area contributed by atoms with Gasteiger partial charge in [0.05, 0.1) is 32.8 Å². The van der Waals surface area contributed by atoms with Crippen LogP contribution in [0, 0.1) is 5.82 Å². The molecule has 1 aliphatic heterocycles. The summed E-state index contributed by atoms with van der Waals surface area (Å²) >= 11 is 6.33. The molecule has 1 aromatic heterocycles. The third-order valence-electron chi connectivity index (χ3n) is 7.81. The number of rotatable bonds is 7. The summed E-state index contributed by atoms with van der Waals surface area (Å²) in [6.45, 7) is 0.107. The summed E-state index contributed by atoms with van der Waals surface area (Å²) in [7, 11) is 0. The molecule has 0 saturated heterocycles. The van der Waals surface area contributed by atoms with Crippen molar-refractivity contribution in [3.8, 4) is 17.0 Å². The van der Waals surface area contributed by atoms with E-state index in [0.717, 1.165) is 36.9 Å². The molecule has 0 atom stereocenters. The van der Waals surface area contributed by atoms with Crippen LogP contribution in [0.4, 0.5) is 15.8 Å². The molecule has 1 amide bonds. The number of halogens is 2. The van der Waals surface area contributed by atoms with Gasteiger partial charge < -0.3 is 14.4 Å². The van der Waals surface area contributed by atoms with Gasteiger partial charge in [-0.3, -0.25) is 9.69 Å². The van der Waals surface area contributed by atoms with Crippen LogP contribution in [0.2, 0.25) is 5.02 Å². The normalized spacial score (nSPS) is 17.0. The second-order valence-electron chi connectivity index (χ2n) is 10.3. The Morgan fingerprint density at radius 2 is 1.92 bits per heavy atom. The van der Waals surface area contributed by atoms with Crippen molar-refractivity contribution in [3.63, 3.8) is 0 Å². The summed E-state index contributed by atoms with van der Waals surface area (Å²) in [4.78, 5) is 26.4. The Morgan fingerprint density at radius 1 is 1.15 bits per heavy atom. The first-order valence-corrected chi connectivity index (χ1v) is 13.1. The van der Waals surface area contributed by atoms with Gasteiger partial charge in [-0.2, -0.15) is 0 Å². The zero-order valence-corrected chi connectivity index (χ0v) is 21.4. The monoisotopic (exact) mass is 544 g/mol. The fourth-order valence-corrected chi connectivity index (χ4v) is 5.70. The summed E-state index contributed by atoms with van der Waals surface area (Å²) in [5.41, 5.74) is 3.03. The highest BCUT2D eigenvalue weighted by Crippen LogP contribution is 2.59. The number of benzene rings is 3. The van der Waals surface area contributed by atoms with Crippen molar-refractivity contribution in [2.45, 2.75) is 43.6 Å². The van der Waals surface area contributed by atoms with E-state index in [1.165, 1.54) is 18.2 Å². The standard InChI is InChI=1S/C30H22ClFN2O5/c31-22-2-1-3-23(32)25(22)26-20(27(39-33-26)16-4-5-16)15-38-19-10-11-24-21(14-19)30(12-13-30)29(37)34(24)18-8-6-17(7-9-18)28(35)36/h1-3,6-11,14,16H,4-5,12-13,15H2,(H,35,36). The maximum absolute atomic E-state index is 14.8. The van der Waals surface area contributed by atoms with Gasteiger partial charge in [-0.05, 0) is 85.8 Å². The Kier molecular flexibility index (Phi) is 5.32. The summed E-state index contributed by atoms with van der Waals surface area (Å²) in [6.07, 6.45) is 3.41. The number of carboxylic acid groups (broad SMARTS) is 1. The third kappa shape index (κ3) is 3.81. The van der Waals surface area contributed by atoms with E-state index in [-0.39, 0.29) is 34.6 Å². The van der Waals surface area contributed by atoms with Crippen molar-refractivity contribution in [2.75, 3.05) is 4.90 Å². The second-order valence-corrected chi connectivity index (χ2v) is 10.7. The van der Waals surface area contributed by atoms with Gasteiger partial charge in [0.25, 0.3) is 0 Å². The number of anilines is 2. The van der Waals surface area contributed by atoms with E-state index in [4.69, 9.17) is 20.9 Å². The largest absolute Gasteiger partial charge is 0.489 e. The van der Waals surface area contributed by atoms with Crippen molar-refractivity contribution in [1.82, 2.24) is 5.16 Å². The molecule has 0 unspecified atom stereocenters. The SMILES string of the molecule is O=C(O)c1ccc(N2C(=O)C3(CC3)c3cc(OCc4c(-c5c(F)cccc5Cl)noc4C4CC4)ccc32)cc1. The van der Waals surface area contributed by atoms with Crippen molar-refractivity contribution >= 4 is 34.9 Å². The Morgan fingerprint density at radius 3 is 2.59 bits per heavy atom. The lowest BCUT2D eigenvalue weighted by Gasteiger charge is -2.18. The fourth-order valence-electron chi connectivity index (χ4n) is 5.44. The minimum atomic E-state index is -1.02. The summed E-state index contributed by atoms with van der Waals surface area (Å²) in [5, 5.41) is 13.6. The maximum Gasteiger partial charge on any atom is 0.335 e. The molecule has 196 valence electrons. The summed E-state index contributed by atoms with van der Waals surface area (Å²) < 4.78 is 26.6. The Labute approximate surface area is 227 Å². The summed E-state index contributed by atoms with van der Waals surface area (Å²) in [6, 6.07) is 16.3. The van der Waals surface area contributed by atoms with Gasteiger partial charge in [-0.25, -0.2) is 9.18 Å². The van der Waals surface area contributed by atoms with Crippen LogP contribution >= 0.6 is 11.6 Å². The summed E-state index contributed by atoms with van der Waals surface area (Å²) in [5.74, 6) is -0.0383. The molecule has 1 N–H and O–H groups in total. The topological polar surface area (TPSA) is 92.9 Å². The number of amides is 1. The first-order chi connectivity index (χ1) is 18.9. The van der Waals surface area contributed by atoms with Crippen LogP contribution in [0.3, 0.4) is 0 Å². The molecular weight excluding hydrogens is 523 g/mol. The molecule has 3 aromatic carbocycles. The van der Waals surface area contributed by atoms with Crippen molar-refractivity contribution in [1.29, 1.82) is 0 Å². The number of hydrogen-bond acceptors (Lipinski definition) is 5. The number of aromatic nitrogens is 1. The minimum absolute atomic E-state index is 0.0238. The van der Waals surface area contributed by atoms with Crippen molar-refractivity contribution < 1.29 is 28.3 Å². The average molecular weight is 545 g/mol. The zero-order chi connectivity index (χ0) is 26.9. The molecule has 4 aromatic rings. The van der Waals surface area contributed by atoms with Crippen LogP contribution in [0.5, 0.6) is 5.75 Å². The molecule has 0 bridgehead atoms. The highest BCUT2D eigenvalue weighted by atomic mass is 35.5. The van der Waals surface area contributed by atoms with E-state index in [0.29, 0.717) is 28.5 Å². The molecule has 1 spiro atoms. The number of nitrogens with zero attached hydrogens (tertiary/aromatic N) is 2. The molecule has 3 aliphatic rings. The Hall–Kier alpha value is -4.17. The zero-order valence-electron chi connectivity index (χ0n) is 20.6. The number of ether oxygens (including phenoxy) is 1. The van der Waals surface area contributed by atoms with Gasteiger partial charge in [0.1, 0.15) is 29.6 Å². The van der Waals surface area contributed by atoms with Gasteiger partial charge in [-0.1, -0.05) is 22.8 Å². The lowest BCUT2D eigenvalue weighted by atomic mass is 9.98. The van der Waals surface area contributed by atoms with Gasteiger partial charge in [0, 0.05) is 11.6 Å². The number of carbonyl (C=O) groups is 2. The number of aromatic carboxylic acids is 1. The first kappa shape index (κ1) is 23.9.